The first-order chi connectivity index (χ1) is 8.43. The molecule has 0 aliphatic rings. The van der Waals surface area contributed by atoms with E-state index in [-0.39, 0.29) is 12.0 Å². The maximum absolute atomic E-state index is 11.7. The monoisotopic (exact) mass is 255 g/mol. The molecule has 1 unspecified atom stereocenters. The molecule has 18 heavy (non-hydrogen) atoms. The molecule has 0 radical (unpaired) electrons. The third-order valence-electron chi connectivity index (χ3n) is 2.68. The van der Waals surface area contributed by atoms with E-state index >= 15 is 0 Å². The third-order valence-corrected chi connectivity index (χ3v) is 2.68. The lowest BCUT2D eigenvalue weighted by molar-refractivity contribution is -0.124. The van der Waals surface area contributed by atoms with Gasteiger partial charge >= 0.3 is 5.69 Å². The van der Waals surface area contributed by atoms with Gasteiger partial charge in [0.2, 0.25) is 11.8 Å². The quantitative estimate of drug-likeness (QED) is 0.674. The summed E-state index contributed by atoms with van der Waals surface area (Å²) in [5, 5.41) is 12.4. The van der Waals surface area contributed by atoms with E-state index in [1.165, 1.54) is 6.92 Å². The molecule has 100 valence electrons. The largest absolute Gasteiger partial charge is 0.494 e. The number of rotatable bonds is 4. The van der Waals surface area contributed by atoms with Crippen molar-refractivity contribution in [1.82, 2.24) is 14.9 Å². The van der Waals surface area contributed by atoms with Gasteiger partial charge in [-0.2, -0.15) is 0 Å². The van der Waals surface area contributed by atoms with Crippen molar-refractivity contribution < 1.29 is 9.90 Å². The SMILES string of the molecule is CCNC(=O)C(C)n1c(O)c(CC)c(=O)[nH]c1=O. The van der Waals surface area contributed by atoms with Crippen LogP contribution in [0, 0.1) is 0 Å². The van der Waals surface area contributed by atoms with Crippen LogP contribution in [0.1, 0.15) is 32.4 Å². The van der Waals surface area contributed by atoms with E-state index in [0.717, 1.165) is 4.57 Å². The van der Waals surface area contributed by atoms with Crippen LogP contribution in [0.2, 0.25) is 0 Å². The van der Waals surface area contributed by atoms with E-state index in [1.54, 1.807) is 13.8 Å². The molecule has 0 aliphatic heterocycles. The zero-order valence-corrected chi connectivity index (χ0v) is 10.6. The molecule has 1 rings (SSSR count). The lowest BCUT2D eigenvalue weighted by atomic mass is 10.2. The Morgan fingerprint density at radius 2 is 2.06 bits per heavy atom. The zero-order chi connectivity index (χ0) is 13.9. The minimum absolute atomic E-state index is 0.0887. The molecule has 7 heteroatoms. The summed E-state index contributed by atoms with van der Waals surface area (Å²) in [7, 11) is 0. The predicted molar refractivity (Wildman–Crippen MR) is 65.8 cm³/mol. The second kappa shape index (κ2) is 5.52. The van der Waals surface area contributed by atoms with E-state index < -0.39 is 29.1 Å². The lowest BCUT2D eigenvalue weighted by Crippen LogP contribution is -2.39. The topological polar surface area (TPSA) is 104 Å². The van der Waals surface area contributed by atoms with Crippen LogP contribution in [0.5, 0.6) is 5.88 Å². The number of carbonyl (C=O) groups excluding carboxylic acids is 1. The Hall–Kier alpha value is -2.05. The van der Waals surface area contributed by atoms with Crippen molar-refractivity contribution >= 4 is 5.91 Å². The highest BCUT2D eigenvalue weighted by Crippen LogP contribution is 2.15. The van der Waals surface area contributed by atoms with E-state index in [9.17, 15) is 19.5 Å². The van der Waals surface area contributed by atoms with E-state index in [0.29, 0.717) is 6.54 Å². The number of aromatic amines is 1. The standard InChI is InChI=1S/C11H17N3O4/c1-4-7-9(16)13-11(18)14(10(7)17)6(3)8(15)12-5-2/h6,17H,4-5H2,1-3H3,(H,12,15)(H,13,16,18). The molecule has 7 nitrogen and oxygen atoms in total. The van der Waals surface area contributed by atoms with Gasteiger partial charge < -0.3 is 10.4 Å². The van der Waals surface area contributed by atoms with Gasteiger partial charge in [0.15, 0.2) is 0 Å². The Balaban J connectivity index is 3.37. The van der Waals surface area contributed by atoms with Crippen LogP contribution in [-0.2, 0) is 11.2 Å². The summed E-state index contributed by atoms with van der Waals surface area (Å²) in [5.74, 6) is -0.853. The third kappa shape index (κ3) is 2.44. The zero-order valence-electron chi connectivity index (χ0n) is 10.6. The number of likely N-dealkylation sites (N-methyl/N-ethyl adjacent to an activating group) is 1. The van der Waals surface area contributed by atoms with Gasteiger partial charge in [-0.3, -0.25) is 19.1 Å². The van der Waals surface area contributed by atoms with E-state index in [2.05, 4.69) is 10.3 Å². The summed E-state index contributed by atoms with van der Waals surface area (Å²) >= 11 is 0. The number of nitrogens with one attached hydrogen (secondary N) is 2. The molecule has 3 N–H and O–H groups in total. The normalized spacial score (nSPS) is 12.2. The maximum Gasteiger partial charge on any atom is 0.331 e. The minimum atomic E-state index is -0.889. The van der Waals surface area contributed by atoms with E-state index in [4.69, 9.17) is 0 Å². The average molecular weight is 255 g/mol. The molecule has 0 aromatic carbocycles. The number of amides is 1. The number of aromatic hydroxyl groups is 1. The van der Waals surface area contributed by atoms with Crippen molar-refractivity contribution in [2.45, 2.75) is 33.2 Å². The molecule has 0 spiro atoms. The predicted octanol–water partition coefficient (Wildman–Crippen LogP) is -0.498. The molecule has 1 aromatic rings. The number of H-pyrrole nitrogens is 1. The highest BCUT2D eigenvalue weighted by atomic mass is 16.3. The summed E-state index contributed by atoms with van der Waals surface area (Å²) in [5.41, 5.74) is -1.33. The molecule has 0 saturated carbocycles. The second-order valence-electron chi connectivity index (χ2n) is 3.86. The molecule has 0 aliphatic carbocycles. The van der Waals surface area contributed by atoms with Crippen LogP contribution in [-0.4, -0.2) is 27.1 Å². The highest BCUT2D eigenvalue weighted by molar-refractivity contribution is 5.80. The van der Waals surface area contributed by atoms with Gasteiger partial charge in [0.05, 0.1) is 5.56 Å². The van der Waals surface area contributed by atoms with Gasteiger partial charge in [-0.1, -0.05) is 6.92 Å². The molecule has 0 saturated heterocycles. The Morgan fingerprint density at radius 3 is 2.56 bits per heavy atom. The van der Waals surface area contributed by atoms with Crippen molar-refractivity contribution in [1.29, 1.82) is 0 Å². The van der Waals surface area contributed by atoms with Crippen molar-refractivity contribution in [2.75, 3.05) is 6.54 Å². The summed E-state index contributed by atoms with van der Waals surface area (Å²) in [6.45, 7) is 5.32. The second-order valence-corrected chi connectivity index (χ2v) is 3.86. The summed E-state index contributed by atoms with van der Waals surface area (Å²) < 4.78 is 0.880. The summed E-state index contributed by atoms with van der Waals surface area (Å²) in [6.07, 6.45) is 0.267. The van der Waals surface area contributed by atoms with Crippen molar-refractivity contribution in [2.24, 2.45) is 0 Å². The first kappa shape index (κ1) is 14.0. The Labute approximate surface area is 103 Å². The fourth-order valence-corrected chi connectivity index (χ4v) is 1.69. The average Bonchev–Trinajstić information content (AvgIpc) is 2.29. The van der Waals surface area contributed by atoms with Crippen LogP contribution >= 0.6 is 0 Å². The van der Waals surface area contributed by atoms with Crippen LogP contribution < -0.4 is 16.6 Å². The molecular weight excluding hydrogens is 238 g/mol. The molecule has 1 amide bonds. The number of nitrogens with zero attached hydrogens (tertiary/aromatic N) is 1. The Bertz CT molecular complexity index is 558. The van der Waals surface area contributed by atoms with Crippen molar-refractivity contribution in [3.63, 3.8) is 0 Å². The maximum atomic E-state index is 11.7. The van der Waals surface area contributed by atoms with Gasteiger partial charge in [0, 0.05) is 6.54 Å². The van der Waals surface area contributed by atoms with Gasteiger partial charge in [-0.05, 0) is 20.3 Å². The summed E-state index contributed by atoms with van der Waals surface area (Å²) in [6, 6.07) is -0.889. The van der Waals surface area contributed by atoms with Gasteiger partial charge in [-0.25, -0.2) is 4.79 Å². The number of carbonyl (C=O) groups is 1. The number of aromatic nitrogens is 2. The minimum Gasteiger partial charge on any atom is -0.494 e. The van der Waals surface area contributed by atoms with Gasteiger partial charge in [0.25, 0.3) is 5.56 Å². The first-order valence-corrected chi connectivity index (χ1v) is 5.78. The first-order valence-electron chi connectivity index (χ1n) is 5.78. The van der Waals surface area contributed by atoms with E-state index in [1.807, 2.05) is 0 Å². The van der Waals surface area contributed by atoms with Crippen LogP contribution in [0.15, 0.2) is 9.59 Å². The highest BCUT2D eigenvalue weighted by Gasteiger charge is 2.21. The molecule has 1 heterocycles. The fraction of sp³-hybridized carbons (Fsp3) is 0.545. The smallest absolute Gasteiger partial charge is 0.331 e. The Morgan fingerprint density at radius 1 is 1.44 bits per heavy atom. The van der Waals surface area contributed by atoms with Gasteiger partial charge in [-0.15, -0.1) is 0 Å². The van der Waals surface area contributed by atoms with Crippen molar-refractivity contribution in [3.05, 3.63) is 26.4 Å². The molecule has 0 fully saturated rings. The Kier molecular flexibility index (Phi) is 4.30. The molecule has 1 aromatic heterocycles. The van der Waals surface area contributed by atoms with Crippen LogP contribution in [0.25, 0.3) is 0 Å². The summed E-state index contributed by atoms with van der Waals surface area (Å²) in [4.78, 5) is 36.8. The lowest BCUT2D eigenvalue weighted by Gasteiger charge is -2.16. The molecule has 1 atom stereocenters. The molecule has 0 bridgehead atoms. The number of hydrogen-bond donors (Lipinski definition) is 3. The van der Waals surface area contributed by atoms with Gasteiger partial charge in [0.1, 0.15) is 6.04 Å². The molecular formula is C11H17N3O4. The van der Waals surface area contributed by atoms with Crippen molar-refractivity contribution in [3.8, 4) is 5.88 Å². The van der Waals surface area contributed by atoms with Crippen LogP contribution in [0.4, 0.5) is 0 Å². The number of hydrogen-bond acceptors (Lipinski definition) is 4. The van der Waals surface area contributed by atoms with Crippen LogP contribution in [0.3, 0.4) is 0 Å². The fourth-order valence-electron chi connectivity index (χ4n) is 1.69.